The van der Waals surface area contributed by atoms with E-state index >= 15 is 0 Å². The van der Waals surface area contributed by atoms with Gasteiger partial charge in [0, 0.05) is 26.2 Å². The van der Waals surface area contributed by atoms with Crippen molar-refractivity contribution in [1.82, 2.24) is 5.32 Å². The molecule has 0 atom stereocenters. The normalized spacial score (nSPS) is 7.85. The van der Waals surface area contributed by atoms with Gasteiger partial charge in [-0.05, 0) is 13.1 Å². The zero-order valence-electron chi connectivity index (χ0n) is 9.05. The monoisotopic (exact) mass is 193 g/mol. The molecule has 0 aliphatic carbocycles. The van der Waals surface area contributed by atoms with Gasteiger partial charge >= 0.3 is 0 Å². The molecular formula is C8H27N5. The second kappa shape index (κ2) is 29.8. The molecular weight excluding hydrogens is 166 g/mol. The molecule has 5 nitrogen and oxygen atoms in total. The predicted molar refractivity (Wildman–Crippen MR) is 60.4 cm³/mol. The van der Waals surface area contributed by atoms with E-state index in [1.54, 1.807) is 0 Å². The highest BCUT2D eigenvalue weighted by molar-refractivity contribution is 4.28. The van der Waals surface area contributed by atoms with Crippen LogP contribution in [0.1, 0.15) is 13.8 Å². The van der Waals surface area contributed by atoms with Gasteiger partial charge in [-0.25, -0.2) is 0 Å². The Morgan fingerprint density at radius 3 is 0.923 bits per heavy atom. The van der Waals surface area contributed by atoms with Gasteiger partial charge in [-0.3, -0.25) is 0 Å². The van der Waals surface area contributed by atoms with Gasteiger partial charge in [0.1, 0.15) is 0 Å². The van der Waals surface area contributed by atoms with Crippen molar-refractivity contribution in [2.75, 3.05) is 39.3 Å². The van der Waals surface area contributed by atoms with Crippen molar-refractivity contribution in [3.63, 3.8) is 0 Å². The Bertz CT molecular complexity index is 41.8. The molecule has 84 valence electrons. The molecule has 9 N–H and O–H groups in total. The van der Waals surface area contributed by atoms with Gasteiger partial charge in [0.2, 0.25) is 0 Å². The SMILES string of the molecule is CCNCC.NCCN.NCCN. The van der Waals surface area contributed by atoms with Crippen molar-refractivity contribution < 1.29 is 0 Å². The molecule has 0 saturated carbocycles. The van der Waals surface area contributed by atoms with Gasteiger partial charge in [0.05, 0.1) is 0 Å². The lowest BCUT2D eigenvalue weighted by atomic mass is 10.7. The minimum absolute atomic E-state index is 0.597. The Kier molecular flexibility index (Phi) is 42.5. The Morgan fingerprint density at radius 1 is 0.692 bits per heavy atom. The topological polar surface area (TPSA) is 116 Å². The number of nitrogens with one attached hydrogen (secondary N) is 1. The molecule has 0 aromatic rings. The fraction of sp³-hybridized carbons (Fsp3) is 1.00. The average Bonchev–Trinajstić information content (AvgIpc) is 2.20. The summed E-state index contributed by atoms with van der Waals surface area (Å²) in [5.74, 6) is 0. The molecule has 0 radical (unpaired) electrons. The van der Waals surface area contributed by atoms with Crippen LogP contribution in [-0.4, -0.2) is 39.3 Å². The van der Waals surface area contributed by atoms with Crippen LogP contribution in [0.2, 0.25) is 0 Å². The third kappa shape index (κ3) is 78.5. The Morgan fingerprint density at radius 2 is 0.923 bits per heavy atom. The molecule has 13 heavy (non-hydrogen) atoms. The zero-order valence-corrected chi connectivity index (χ0v) is 9.05. The Labute approximate surface area is 82.2 Å². The lowest BCUT2D eigenvalue weighted by Crippen LogP contribution is -2.11. The lowest BCUT2D eigenvalue weighted by Gasteiger charge is -1.86. The second-order valence-corrected chi connectivity index (χ2v) is 2.11. The first-order valence-corrected chi connectivity index (χ1v) is 4.75. The van der Waals surface area contributed by atoms with E-state index in [1.807, 2.05) is 0 Å². The van der Waals surface area contributed by atoms with Crippen LogP contribution < -0.4 is 28.3 Å². The first-order valence-electron chi connectivity index (χ1n) is 4.75. The molecule has 0 heterocycles. The average molecular weight is 193 g/mol. The summed E-state index contributed by atoms with van der Waals surface area (Å²) < 4.78 is 0. The minimum Gasteiger partial charge on any atom is -0.329 e. The highest BCUT2D eigenvalue weighted by Crippen LogP contribution is 1.47. The molecule has 0 amide bonds. The van der Waals surface area contributed by atoms with Gasteiger partial charge in [0.15, 0.2) is 0 Å². The predicted octanol–water partition coefficient (Wildman–Crippen LogP) is -1.58. The summed E-state index contributed by atoms with van der Waals surface area (Å²) in [4.78, 5) is 0. The number of hydrogen-bond donors (Lipinski definition) is 5. The van der Waals surface area contributed by atoms with Crippen molar-refractivity contribution in [2.45, 2.75) is 13.8 Å². The summed E-state index contributed by atoms with van der Waals surface area (Å²) in [6.07, 6.45) is 0. The van der Waals surface area contributed by atoms with Crippen LogP contribution in [0.4, 0.5) is 0 Å². The van der Waals surface area contributed by atoms with E-state index in [0.717, 1.165) is 13.1 Å². The summed E-state index contributed by atoms with van der Waals surface area (Å²) in [5.41, 5.74) is 19.6. The molecule has 0 fully saturated rings. The molecule has 0 saturated heterocycles. The smallest absolute Gasteiger partial charge is 0.00461 e. The van der Waals surface area contributed by atoms with E-state index in [2.05, 4.69) is 19.2 Å². The number of nitrogens with two attached hydrogens (primary N) is 4. The summed E-state index contributed by atoms with van der Waals surface area (Å²) in [6, 6.07) is 0. The molecule has 0 aliphatic rings. The molecule has 0 aromatic carbocycles. The van der Waals surface area contributed by atoms with Gasteiger partial charge in [-0.2, -0.15) is 0 Å². The maximum absolute atomic E-state index is 4.90. The molecule has 0 aliphatic heterocycles. The van der Waals surface area contributed by atoms with E-state index in [9.17, 15) is 0 Å². The molecule has 0 aromatic heterocycles. The van der Waals surface area contributed by atoms with Crippen molar-refractivity contribution in [3.05, 3.63) is 0 Å². The van der Waals surface area contributed by atoms with Gasteiger partial charge in [-0.1, -0.05) is 13.8 Å². The van der Waals surface area contributed by atoms with Crippen LogP contribution >= 0.6 is 0 Å². The van der Waals surface area contributed by atoms with Crippen LogP contribution in [0.3, 0.4) is 0 Å². The third-order valence-corrected chi connectivity index (χ3v) is 0.833. The summed E-state index contributed by atoms with van der Waals surface area (Å²) in [6.45, 7) is 8.78. The zero-order chi connectivity index (χ0) is 10.9. The van der Waals surface area contributed by atoms with Crippen LogP contribution in [0.15, 0.2) is 0 Å². The Balaban J connectivity index is -0.000000117. The lowest BCUT2D eigenvalue weighted by molar-refractivity contribution is 0.762. The second-order valence-electron chi connectivity index (χ2n) is 2.11. The number of hydrogen-bond acceptors (Lipinski definition) is 5. The van der Waals surface area contributed by atoms with Crippen molar-refractivity contribution in [2.24, 2.45) is 22.9 Å². The van der Waals surface area contributed by atoms with Crippen molar-refractivity contribution >= 4 is 0 Å². The van der Waals surface area contributed by atoms with Crippen LogP contribution in [0, 0.1) is 0 Å². The van der Waals surface area contributed by atoms with Crippen LogP contribution in [-0.2, 0) is 0 Å². The fourth-order valence-corrected chi connectivity index (χ4v) is 0.250. The third-order valence-electron chi connectivity index (χ3n) is 0.833. The molecule has 0 spiro atoms. The van der Waals surface area contributed by atoms with Crippen molar-refractivity contribution in [1.29, 1.82) is 0 Å². The van der Waals surface area contributed by atoms with E-state index in [4.69, 9.17) is 22.9 Å². The summed E-state index contributed by atoms with van der Waals surface area (Å²) in [5, 5.41) is 3.11. The maximum Gasteiger partial charge on any atom is 0.00461 e. The molecule has 0 rings (SSSR count). The highest BCUT2D eigenvalue weighted by atomic mass is 14.8. The quantitative estimate of drug-likeness (QED) is 0.370. The van der Waals surface area contributed by atoms with Crippen molar-refractivity contribution in [3.8, 4) is 0 Å². The largest absolute Gasteiger partial charge is 0.329 e. The van der Waals surface area contributed by atoms with E-state index in [-0.39, 0.29) is 0 Å². The van der Waals surface area contributed by atoms with Gasteiger partial charge < -0.3 is 28.3 Å². The van der Waals surface area contributed by atoms with Gasteiger partial charge in [-0.15, -0.1) is 0 Å². The van der Waals surface area contributed by atoms with E-state index < -0.39 is 0 Å². The first kappa shape index (κ1) is 18.6. The summed E-state index contributed by atoms with van der Waals surface area (Å²) >= 11 is 0. The first-order chi connectivity index (χ1) is 6.24. The Hall–Kier alpha value is -0.200. The van der Waals surface area contributed by atoms with Gasteiger partial charge in [0.25, 0.3) is 0 Å². The maximum atomic E-state index is 4.90. The fourth-order valence-electron chi connectivity index (χ4n) is 0.250. The van der Waals surface area contributed by atoms with Crippen LogP contribution in [0.5, 0.6) is 0 Å². The van der Waals surface area contributed by atoms with E-state index in [0.29, 0.717) is 26.2 Å². The highest BCUT2D eigenvalue weighted by Gasteiger charge is 1.62. The van der Waals surface area contributed by atoms with Crippen LogP contribution in [0.25, 0.3) is 0 Å². The number of rotatable bonds is 4. The van der Waals surface area contributed by atoms with E-state index in [1.165, 1.54) is 0 Å². The molecule has 0 unspecified atom stereocenters. The standard InChI is InChI=1S/C4H11N.2C2H8N2/c1-3-5-4-2;2*3-1-2-4/h5H,3-4H2,1-2H3;2*1-4H2. The molecule has 5 heteroatoms. The minimum atomic E-state index is 0.597. The summed E-state index contributed by atoms with van der Waals surface area (Å²) in [7, 11) is 0. The molecule has 0 bridgehead atoms.